The predicted molar refractivity (Wildman–Crippen MR) is 61.9 cm³/mol. The van der Waals surface area contributed by atoms with E-state index < -0.39 is 0 Å². The van der Waals surface area contributed by atoms with Crippen molar-refractivity contribution in [1.29, 1.82) is 0 Å². The van der Waals surface area contributed by atoms with Gasteiger partial charge in [-0.1, -0.05) is 31.7 Å². The number of rotatable bonds is 1. The molecule has 0 aliphatic carbocycles. The number of phenolic OH excluding ortho intramolecular Hbond substituents is 2. The SMILES string of the molecule is C.Oc1ccc(-c2ccc(O)cc2)cc1. The summed E-state index contributed by atoms with van der Waals surface area (Å²) in [6.45, 7) is 0. The molecule has 2 N–H and O–H groups in total. The van der Waals surface area contributed by atoms with Crippen molar-refractivity contribution in [1.82, 2.24) is 0 Å². The van der Waals surface area contributed by atoms with Crippen molar-refractivity contribution in [3.05, 3.63) is 48.5 Å². The highest BCUT2D eigenvalue weighted by Gasteiger charge is 1.96. The fourth-order valence-corrected chi connectivity index (χ4v) is 1.31. The molecule has 2 aromatic rings. The molecule has 2 aromatic carbocycles. The van der Waals surface area contributed by atoms with Gasteiger partial charge >= 0.3 is 0 Å². The smallest absolute Gasteiger partial charge is 0.115 e. The van der Waals surface area contributed by atoms with Crippen LogP contribution in [0.2, 0.25) is 0 Å². The Labute approximate surface area is 89.4 Å². The van der Waals surface area contributed by atoms with Crippen LogP contribution in [-0.2, 0) is 0 Å². The molecular weight excluding hydrogens is 188 g/mol. The van der Waals surface area contributed by atoms with E-state index in [-0.39, 0.29) is 18.9 Å². The molecule has 2 heteroatoms. The van der Waals surface area contributed by atoms with E-state index in [1.54, 1.807) is 24.3 Å². The lowest BCUT2D eigenvalue weighted by atomic mass is 10.1. The molecule has 0 aliphatic rings. The lowest BCUT2D eigenvalue weighted by Crippen LogP contribution is -1.75. The monoisotopic (exact) mass is 202 g/mol. The number of hydrogen-bond acceptors (Lipinski definition) is 2. The van der Waals surface area contributed by atoms with Crippen LogP contribution in [0.1, 0.15) is 7.43 Å². The fraction of sp³-hybridized carbons (Fsp3) is 0.0769. The van der Waals surface area contributed by atoms with Crippen LogP contribution < -0.4 is 0 Å². The van der Waals surface area contributed by atoms with Gasteiger partial charge in [-0.05, 0) is 35.4 Å². The third-order valence-electron chi connectivity index (χ3n) is 2.07. The topological polar surface area (TPSA) is 40.5 Å². The second kappa shape index (κ2) is 4.51. The minimum Gasteiger partial charge on any atom is -0.508 e. The van der Waals surface area contributed by atoms with E-state index in [1.165, 1.54) is 0 Å². The van der Waals surface area contributed by atoms with Crippen LogP contribution >= 0.6 is 0 Å². The van der Waals surface area contributed by atoms with Crippen LogP contribution in [0.5, 0.6) is 11.5 Å². The Kier molecular flexibility index (Phi) is 3.34. The van der Waals surface area contributed by atoms with Crippen LogP contribution in [0.4, 0.5) is 0 Å². The van der Waals surface area contributed by atoms with Crippen molar-refractivity contribution < 1.29 is 10.2 Å². The van der Waals surface area contributed by atoms with E-state index in [9.17, 15) is 0 Å². The summed E-state index contributed by atoms with van der Waals surface area (Å²) < 4.78 is 0. The summed E-state index contributed by atoms with van der Waals surface area (Å²) in [6.07, 6.45) is 0. The molecule has 0 atom stereocenters. The van der Waals surface area contributed by atoms with Gasteiger partial charge in [0, 0.05) is 0 Å². The minimum absolute atomic E-state index is 0. The van der Waals surface area contributed by atoms with Crippen molar-refractivity contribution in [3.63, 3.8) is 0 Å². The molecule has 0 saturated carbocycles. The molecule has 0 fully saturated rings. The quantitative estimate of drug-likeness (QED) is 0.744. The van der Waals surface area contributed by atoms with Crippen LogP contribution in [0.15, 0.2) is 48.5 Å². The number of phenols is 2. The van der Waals surface area contributed by atoms with Gasteiger partial charge in [-0.15, -0.1) is 0 Å². The van der Waals surface area contributed by atoms with E-state index in [2.05, 4.69) is 0 Å². The number of aromatic hydroxyl groups is 2. The Balaban J connectivity index is 0.00000112. The molecule has 0 bridgehead atoms. The van der Waals surface area contributed by atoms with Crippen LogP contribution in [-0.4, -0.2) is 10.2 Å². The van der Waals surface area contributed by atoms with Gasteiger partial charge < -0.3 is 10.2 Å². The first-order valence-electron chi connectivity index (χ1n) is 4.34. The Hall–Kier alpha value is -1.96. The molecule has 2 nitrogen and oxygen atoms in total. The molecule has 78 valence electrons. The molecule has 0 aromatic heterocycles. The summed E-state index contributed by atoms with van der Waals surface area (Å²) in [7, 11) is 0. The highest BCUT2D eigenvalue weighted by Crippen LogP contribution is 2.23. The molecule has 15 heavy (non-hydrogen) atoms. The maximum atomic E-state index is 9.11. The van der Waals surface area contributed by atoms with Gasteiger partial charge in [-0.2, -0.15) is 0 Å². The molecular formula is C13H14O2. The summed E-state index contributed by atoms with van der Waals surface area (Å²) in [4.78, 5) is 0. The summed E-state index contributed by atoms with van der Waals surface area (Å²) >= 11 is 0. The normalized spacial score (nSPS) is 9.33. The summed E-state index contributed by atoms with van der Waals surface area (Å²) in [6, 6.07) is 13.9. The van der Waals surface area contributed by atoms with Crippen LogP contribution in [0.3, 0.4) is 0 Å². The van der Waals surface area contributed by atoms with E-state index in [1.807, 2.05) is 24.3 Å². The van der Waals surface area contributed by atoms with Gasteiger partial charge in [0.1, 0.15) is 11.5 Å². The Morgan fingerprint density at radius 3 is 1.07 bits per heavy atom. The molecule has 0 radical (unpaired) electrons. The lowest BCUT2D eigenvalue weighted by Gasteiger charge is -2.01. The van der Waals surface area contributed by atoms with Crippen molar-refractivity contribution in [2.45, 2.75) is 7.43 Å². The minimum atomic E-state index is 0. The molecule has 0 heterocycles. The number of hydrogen-bond donors (Lipinski definition) is 2. The summed E-state index contributed by atoms with van der Waals surface area (Å²) in [5.41, 5.74) is 2.03. The first-order valence-corrected chi connectivity index (χ1v) is 4.34. The van der Waals surface area contributed by atoms with Crippen molar-refractivity contribution in [2.24, 2.45) is 0 Å². The van der Waals surface area contributed by atoms with Crippen molar-refractivity contribution in [3.8, 4) is 22.6 Å². The predicted octanol–water partition coefficient (Wildman–Crippen LogP) is 3.40. The molecule has 2 rings (SSSR count). The third-order valence-corrected chi connectivity index (χ3v) is 2.07. The summed E-state index contributed by atoms with van der Waals surface area (Å²) in [5.74, 6) is 0.514. The zero-order valence-corrected chi connectivity index (χ0v) is 7.51. The van der Waals surface area contributed by atoms with Crippen molar-refractivity contribution >= 4 is 0 Å². The van der Waals surface area contributed by atoms with Gasteiger partial charge in [0.2, 0.25) is 0 Å². The summed E-state index contributed by atoms with van der Waals surface area (Å²) in [5, 5.41) is 18.2. The second-order valence-electron chi connectivity index (χ2n) is 3.09. The zero-order chi connectivity index (χ0) is 9.97. The van der Waals surface area contributed by atoms with Gasteiger partial charge in [0.05, 0.1) is 0 Å². The average molecular weight is 202 g/mol. The molecule has 0 saturated heterocycles. The van der Waals surface area contributed by atoms with Crippen molar-refractivity contribution in [2.75, 3.05) is 0 Å². The van der Waals surface area contributed by atoms with E-state index in [0.29, 0.717) is 0 Å². The van der Waals surface area contributed by atoms with Gasteiger partial charge in [0.25, 0.3) is 0 Å². The first kappa shape index (κ1) is 11.1. The molecule has 0 unspecified atom stereocenters. The second-order valence-corrected chi connectivity index (χ2v) is 3.09. The zero-order valence-electron chi connectivity index (χ0n) is 7.51. The maximum Gasteiger partial charge on any atom is 0.115 e. The largest absolute Gasteiger partial charge is 0.508 e. The van der Waals surface area contributed by atoms with E-state index >= 15 is 0 Å². The lowest BCUT2D eigenvalue weighted by molar-refractivity contribution is 0.474. The standard InChI is InChI=1S/C12H10O2.CH4/c13-11-5-1-9(2-6-11)10-3-7-12(14)8-4-10;/h1-8,13-14H;1H4. The van der Waals surface area contributed by atoms with Gasteiger partial charge in [0.15, 0.2) is 0 Å². The van der Waals surface area contributed by atoms with Crippen LogP contribution in [0, 0.1) is 0 Å². The Bertz CT molecular complexity index is 372. The molecule has 0 aliphatic heterocycles. The van der Waals surface area contributed by atoms with E-state index in [4.69, 9.17) is 10.2 Å². The Morgan fingerprint density at radius 1 is 0.533 bits per heavy atom. The molecule has 0 amide bonds. The first-order chi connectivity index (χ1) is 6.75. The fourth-order valence-electron chi connectivity index (χ4n) is 1.31. The van der Waals surface area contributed by atoms with E-state index in [0.717, 1.165) is 11.1 Å². The highest BCUT2D eigenvalue weighted by atomic mass is 16.3. The Morgan fingerprint density at radius 2 is 0.800 bits per heavy atom. The average Bonchev–Trinajstić information content (AvgIpc) is 2.21. The van der Waals surface area contributed by atoms with Gasteiger partial charge in [-0.25, -0.2) is 0 Å². The molecule has 0 spiro atoms. The van der Waals surface area contributed by atoms with Crippen LogP contribution in [0.25, 0.3) is 11.1 Å². The third kappa shape index (κ3) is 2.50. The van der Waals surface area contributed by atoms with Gasteiger partial charge in [-0.3, -0.25) is 0 Å². The maximum absolute atomic E-state index is 9.11. The highest BCUT2D eigenvalue weighted by molar-refractivity contribution is 5.64. The number of benzene rings is 2.